The molecule has 1 aliphatic rings. The van der Waals surface area contributed by atoms with Crippen molar-refractivity contribution in [2.75, 3.05) is 13.1 Å². The molecule has 0 unspecified atom stereocenters. The predicted octanol–water partition coefficient (Wildman–Crippen LogP) is 4.10. The number of piperidine rings is 1. The summed E-state index contributed by atoms with van der Waals surface area (Å²) in [6.07, 6.45) is 3.43. The Bertz CT molecular complexity index is 553. The van der Waals surface area contributed by atoms with Crippen molar-refractivity contribution in [2.24, 2.45) is 0 Å². The first-order valence-electron chi connectivity index (χ1n) is 7.76. The molecule has 0 atom stereocenters. The van der Waals surface area contributed by atoms with E-state index in [0.29, 0.717) is 12.6 Å². The summed E-state index contributed by atoms with van der Waals surface area (Å²) in [4.78, 5) is 18.2. The van der Waals surface area contributed by atoms with Crippen LogP contribution in [-0.4, -0.2) is 40.7 Å². The number of halogens is 2. The summed E-state index contributed by atoms with van der Waals surface area (Å²) in [7, 11) is 0. The van der Waals surface area contributed by atoms with Crippen LogP contribution in [0.2, 0.25) is 0 Å². The monoisotopic (exact) mass is 447 g/mol. The van der Waals surface area contributed by atoms with Crippen molar-refractivity contribution in [3.05, 3.63) is 26.9 Å². The number of pyridine rings is 1. The number of hydrogen-bond acceptors (Lipinski definition) is 4. The number of rotatable bonds is 3. The number of aromatic nitrogens is 1. The van der Waals surface area contributed by atoms with Gasteiger partial charge in [-0.2, -0.15) is 0 Å². The van der Waals surface area contributed by atoms with E-state index in [4.69, 9.17) is 4.74 Å². The van der Waals surface area contributed by atoms with E-state index in [0.717, 1.165) is 40.6 Å². The summed E-state index contributed by atoms with van der Waals surface area (Å²) in [6.45, 7) is 7.83. The predicted molar refractivity (Wildman–Crippen MR) is 97.3 cm³/mol. The van der Waals surface area contributed by atoms with Crippen LogP contribution in [0, 0.1) is 0 Å². The maximum Gasteiger partial charge on any atom is 0.410 e. The second kappa shape index (κ2) is 7.94. The van der Waals surface area contributed by atoms with Gasteiger partial charge in [-0.3, -0.25) is 4.98 Å². The molecule has 0 spiro atoms. The zero-order valence-electron chi connectivity index (χ0n) is 13.7. The van der Waals surface area contributed by atoms with Gasteiger partial charge < -0.3 is 15.0 Å². The molecule has 2 rings (SSSR count). The number of carbonyl (C=O) groups excluding carboxylic acids is 1. The van der Waals surface area contributed by atoms with Gasteiger partial charge in [0.2, 0.25) is 0 Å². The Balaban J connectivity index is 1.77. The molecule has 0 aliphatic carbocycles. The zero-order valence-corrected chi connectivity index (χ0v) is 16.9. The lowest BCUT2D eigenvalue weighted by molar-refractivity contribution is 0.0198. The fourth-order valence-corrected chi connectivity index (χ4v) is 3.53. The SMILES string of the molecule is CC(C)(C)OC(=O)N1CCC(NCc2ncc(Br)cc2Br)CC1. The molecule has 1 saturated heterocycles. The molecule has 1 fully saturated rings. The van der Waals surface area contributed by atoms with Crippen molar-refractivity contribution >= 4 is 38.0 Å². The Hall–Kier alpha value is -0.660. The van der Waals surface area contributed by atoms with E-state index < -0.39 is 5.60 Å². The van der Waals surface area contributed by atoms with Crippen molar-refractivity contribution < 1.29 is 9.53 Å². The number of likely N-dealkylation sites (tertiary alicyclic amines) is 1. The highest BCUT2D eigenvalue weighted by Crippen LogP contribution is 2.20. The minimum Gasteiger partial charge on any atom is -0.444 e. The number of amides is 1. The summed E-state index contributed by atoms with van der Waals surface area (Å²) < 4.78 is 7.36. The van der Waals surface area contributed by atoms with E-state index >= 15 is 0 Å². The molecular weight excluding hydrogens is 426 g/mol. The summed E-state index contributed by atoms with van der Waals surface area (Å²) in [5, 5.41) is 3.52. The molecule has 0 bridgehead atoms. The van der Waals surface area contributed by atoms with Crippen LogP contribution in [-0.2, 0) is 11.3 Å². The number of ether oxygens (including phenoxy) is 1. The first-order chi connectivity index (χ1) is 10.7. The maximum atomic E-state index is 12.0. The fraction of sp³-hybridized carbons (Fsp3) is 0.625. The molecule has 23 heavy (non-hydrogen) atoms. The molecule has 7 heteroatoms. The van der Waals surface area contributed by atoms with E-state index in [2.05, 4.69) is 42.2 Å². The Morgan fingerprint density at radius 2 is 2.04 bits per heavy atom. The van der Waals surface area contributed by atoms with Crippen molar-refractivity contribution in [3.63, 3.8) is 0 Å². The lowest BCUT2D eigenvalue weighted by atomic mass is 10.1. The standard InChI is InChI=1S/C16H23Br2N3O2/c1-16(2,3)23-15(22)21-6-4-12(5-7-21)19-10-14-13(18)8-11(17)9-20-14/h8-9,12,19H,4-7,10H2,1-3H3. The number of nitrogens with one attached hydrogen (secondary N) is 1. The highest BCUT2D eigenvalue weighted by atomic mass is 79.9. The second-order valence-electron chi connectivity index (χ2n) is 6.70. The quantitative estimate of drug-likeness (QED) is 0.756. The fourth-order valence-electron chi connectivity index (χ4n) is 2.41. The van der Waals surface area contributed by atoms with Crippen LogP contribution >= 0.6 is 31.9 Å². The highest BCUT2D eigenvalue weighted by molar-refractivity contribution is 9.11. The maximum absolute atomic E-state index is 12.0. The first kappa shape index (κ1) is 18.7. The zero-order chi connectivity index (χ0) is 17.0. The number of hydrogen-bond donors (Lipinski definition) is 1. The lowest BCUT2D eigenvalue weighted by Crippen LogP contribution is -2.46. The average molecular weight is 449 g/mol. The normalized spacial score (nSPS) is 16.5. The molecular formula is C16H23Br2N3O2. The van der Waals surface area contributed by atoms with Crippen LogP contribution in [0.15, 0.2) is 21.2 Å². The molecule has 0 saturated carbocycles. The Kier molecular flexibility index (Phi) is 6.45. The summed E-state index contributed by atoms with van der Waals surface area (Å²) in [5.74, 6) is 0. The van der Waals surface area contributed by atoms with Crippen LogP contribution in [0.3, 0.4) is 0 Å². The molecule has 1 aliphatic heterocycles. The van der Waals surface area contributed by atoms with Gasteiger partial charge in [-0.05, 0) is 71.5 Å². The van der Waals surface area contributed by atoms with E-state index in [1.807, 2.05) is 26.8 Å². The van der Waals surface area contributed by atoms with Gasteiger partial charge in [0.25, 0.3) is 0 Å². The van der Waals surface area contributed by atoms with E-state index in [1.165, 1.54) is 0 Å². The van der Waals surface area contributed by atoms with Crippen LogP contribution < -0.4 is 5.32 Å². The smallest absolute Gasteiger partial charge is 0.410 e. The summed E-state index contributed by atoms with van der Waals surface area (Å²) >= 11 is 6.93. The minimum absolute atomic E-state index is 0.215. The van der Waals surface area contributed by atoms with Crippen molar-refractivity contribution in [1.29, 1.82) is 0 Å². The van der Waals surface area contributed by atoms with Gasteiger partial charge in [-0.1, -0.05) is 0 Å². The summed E-state index contributed by atoms with van der Waals surface area (Å²) in [5.41, 5.74) is 0.550. The van der Waals surface area contributed by atoms with Crippen LogP contribution in [0.1, 0.15) is 39.3 Å². The lowest BCUT2D eigenvalue weighted by Gasteiger charge is -2.33. The highest BCUT2D eigenvalue weighted by Gasteiger charge is 2.26. The third-order valence-electron chi connectivity index (χ3n) is 3.59. The van der Waals surface area contributed by atoms with Crippen molar-refractivity contribution in [1.82, 2.24) is 15.2 Å². The van der Waals surface area contributed by atoms with Gasteiger partial charge in [0, 0.05) is 40.8 Å². The van der Waals surface area contributed by atoms with Gasteiger partial charge in [-0.15, -0.1) is 0 Å². The van der Waals surface area contributed by atoms with Gasteiger partial charge in [0.1, 0.15) is 5.60 Å². The molecule has 1 N–H and O–H groups in total. The first-order valence-corrected chi connectivity index (χ1v) is 9.34. The van der Waals surface area contributed by atoms with E-state index in [9.17, 15) is 4.79 Å². The second-order valence-corrected chi connectivity index (χ2v) is 8.47. The minimum atomic E-state index is -0.439. The molecule has 0 aromatic carbocycles. The third kappa shape index (κ3) is 6.04. The van der Waals surface area contributed by atoms with Gasteiger partial charge in [0.15, 0.2) is 0 Å². The third-order valence-corrected chi connectivity index (χ3v) is 4.71. The molecule has 5 nitrogen and oxygen atoms in total. The molecule has 128 valence electrons. The van der Waals surface area contributed by atoms with E-state index in [-0.39, 0.29) is 6.09 Å². The molecule has 1 aromatic rings. The number of nitrogens with zero attached hydrogens (tertiary/aromatic N) is 2. The van der Waals surface area contributed by atoms with Crippen LogP contribution in [0.5, 0.6) is 0 Å². The van der Waals surface area contributed by atoms with Crippen LogP contribution in [0.4, 0.5) is 4.79 Å². The molecule has 1 aromatic heterocycles. The molecule has 0 radical (unpaired) electrons. The van der Waals surface area contributed by atoms with Gasteiger partial charge in [-0.25, -0.2) is 4.79 Å². The average Bonchev–Trinajstić information content (AvgIpc) is 2.45. The largest absolute Gasteiger partial charge is 0.444 e. The van der Waals surface area contributed by atoms with Gasteiger partial charge in [0.05, 0.1) is 5.69 Å². The number of carbonyl (C=O) groups is 1. The van der Waals surface area contributed by atoms with Gasteiger partial charge >= 0.3 is 6.09 Å². The molecule has 1 amide bonds. The van der Waals surface area contributed by atoms with Crippen molar-refractivity contribution in [3.8, 4) is 0 Å². The molecule has 2 heterocycles. The van der Waals surface area contributed by atoms with E-state index in [1.54, 1.807) is 11.1 Å². The van der Waals surface area contributed by atoms with Crippen LogP contribution in [0.25, 0.3) is 0 Å². The Morgan fingerprint density at radius 1 is 1.39 bits per heavy atom. The Labute approximate surface area is 154 Å². The topological polar surface area (TPSA) is 54.5 Å². The van der Waals surface area contributed by atoms with Crippen molar-refractivity contribution in [2.45, 2.75) is 51.8 Å². The summed E-state index contributed by atoms with van der Waals surface area (Å²) in [6, 6.07) is 2.39. The Morgan fingerprint density at radius 3 is 2.61 bits per heavy atom.